The Balaban J connectivity index is 1.33. The second kappa shape index (κ2) is 8.84. The van der Waals surface area contributed by atoms with E-state index in [-0.39, 0.29) is 29.6 Å². The van der Waals surface area contributed by atoms with Gasteiger partial charge in [-0.3, -0.25) is 9.59 Å². The highest BCUT2D eigenvalue weighted by atomic mass is 35.5. The van der Waals surface area contributed by atoms with Crippen LogP contribution in [0, 0.1) is 5.92 Å². The predicted molar refractivity (Wildman–Crippen MR) is 133 cm³/mol. The molecule has 7 heteroatoms. The molecule has 2 aromatic carbocycles. The normalized spacial score (nSPS) is 18.9. The number of fused-ring (bicyclic) bond motifs is 1. The van der Waals surface area contributed by atoms with Crippen LogP contribution in [-0.2, 0) is 27.8 Å². The fraction of sp³-hybridized carbons (Fsp3) is 0.333. The predicted octanol–water partition coefficient (Wildman–Crippen LogP) is 4.59. The summed E-state index contributed by atoms with van der Waals surface area (Å²) in [5, 5.41) is 0.575. The van der Waals surface area contributed by atoms with Crippen molar-refractivity contribution in [2.75, 3.05) is 22.9 Å². The highest BCUT2D eigenvalue weighted by molar-refractivity contribution is 6.31. The molecule has 1 fully saturated rings. The maximum Gasteiger partial charge on any atom is 0.232 e. The highest BCUT2D eigenvalue weighted by Crippen LogP contribution is 2.42. The SMILES string of the molecule is CC1(C)CN(C(=O)[C@H]2CC(=O)N(c3cccc(Cl)c3)C2)c2ccc(CCc3cncnc3)cc21. The van der Waals surface area contributed by atoms with Gasteiger partial charge in [-0.05, 0) is 53.8 Å². The van der Waals surface area contributed by atoms with Crippen LogP contribution in [0.1, 0.15) is 37.0 Å². The number of aromatic nitrogens is 2. The molecule has 6 nitrogen and oxygen atoms in total. The number of nitrogens with zero attached hydrogens (tertiary/aromatic N) is 4. The van der Waals surface area contributed by atoms with E-state index in [4.69, 9.17) is 11.6 Å². The lowest BCUT2D eigenvalue weighted by atomic mass is 9.85. The zero-order valence-corrected chi connectivity index (χ0v) is 20.1. The summed E-state index contributed by atoms with van der Waals surface area (Å²) in [5.74, 6) is -0.399. The molecule has 0 aliphatic carbocycles. The van der Waals surface area contributed by atoms with E-state index in [1.807, 2.05) is 29.4 Å². The summed E-state index contributed by atoms with van der Waals surface area (Å²) in [5.41, 5.74) is 5.05. The van der Waals surface area contributed by atoms with E-state index >= 15 is 0 Å². The van der Waals surface area contributed by atoms with Crippen molar-refractivity contribution in [1.29, 1.82) is 0 Å². The second-order valence-corrected chi connectivity index (χ2v) is 10.2. The zero-order valence-electron chi connectivity index (χ0n) is 19.4. The number of amides is 2. The van der Waals surface area contributed by atoms with Crippen LogP contribution in [0.2, 0.25) is 5.02 Å². The lowest BCUT2D eigenvalue weighted by molar-refractivity contribution is -0.124. The Morgan fingerprint density at radius 2 is 1.85 bits per heavy atom. The molecular formula is C27H27ClN4O2. The Bertz CT molecular complexity index is 1240. The summed E-state index contributed by atoms with van der Waals surface area (Å²) in [7, 11) is 0. The first-order valence-corrected chi connectivity index (χ1v) is 11.9. The van der Waals surface area contributed by atoms with Crippen molar-refractivity contribution in [3.63, 3.8) is 0 Å². The van der Waals surface area contributed by atoms with Crippen LogP contribution >= 0.6 is 11.6 Å². The van der Waals surface area contributed by atoms with Crippen molar-refractivity contribution >= 4 is 34.8 Å². The Kier molecular flexibility index (Phi) is 5.86. The molecule has 2 aliphatic heterocycles. The molecule has 0 bridgehead atoms. The van der Waals surface area contributed by atoms with Gasteiger partial charge in [-0.2, -0.15) is 0 Å². The van der Waals surface area contributed by atoms with E-state index in [0.29, 0.717) is 18.1 Å². The van der Waals surface area contributed by atoms with Gasteiger partial charge in [-0.15, -0.1) is 0 Å². The van der Waals surface area contributed by atoms with Gasteiger partial charge < -0.3 is 9.80 Å². The quantitative estimate of drug-likeness (QED) is 0.542. The van der Waals surface area contributed by atoms with Crippen molar-refractivity contribution in [3.05, 3.63) is 82.9 Å². The number of carbonyl (C=O) groups excluding carboxylic acids is 2. The molecule has 1 saturated heterocycles. The molecule has 5 rings (SSSR count). The van der Waals surface area contributed by atoms with Gasteiger partial charge >= 0.3 is 0 Å². The topological polar surface area (TPSA) is 66.4 Å². The molecule has 1 atom stereocenters. The lowest BCUT2D eigenvalue weighted by Gasteiger charge is -2.23. The van der Waals surface area contributed by atoms with Crippen LogP contribution in [0.15, 0.2) is 61.2 Å². The molecule has 3 aromatic rings. The number of carbonyl (C=O) groups is 2. The zero-order chi connectivity index (χ0) is 23.9. The molecule has 1 aromatic heterocycles. The minimum absolute atomic E-state index is 0.0129. The molecule has 174 valence electrons. The van der Waals surface area contributed by atoms with Gasteiger partial charge in [0.2, 0.25) is 11.8 Å². The minimum atomic E-state index is -0.369. The summed E-state index contributed by atoms with van der Waals surface area (Å²) in [6.07, 6.45) is 7.21. The second-order valence-electron chi connectivity index (χ2n) is 9.79. The maximum absolute atomic E-state index is 13.6. The summed E-state index contributed by atoms with van der Waals surface area (Å²) >= 11 is 6.11. The fourth-order valence-corrected chi connectivity index (χ4v) is 5.20. The first-order valence-electron chi connectivity index (χ1n) is 11.6. The largest absolute Gasteiger partial charge is 0.312 e. The maximum atomic E-state index is 13.6. The molecule has 0 saturated carbocycles. The third-order valence-corrected chi connectivity index (χ3v) is 7.05. The lowest BCUT2D eigenvalue weighted by Crippen LogP contribution is -2.39. The molecular weight excluding hydrogens is 448 g/mol. The van der Waals surface area contributed by atoms with Gasteiger partial charge in [0.05, 0.1) is 5.92 Å². The molecule has 3 heterocycles. The smallest absolute Gasteiger partial charge is 0.232 e. The van der Waals surface area contributed by atoms with Gasteiger partial charge in [0.15, 0.2) is 0 Å². The number of rotatable bonds is 5. The van der Waals surface area contributed by atoms with Crippen LogP contribution in [0.4, 0.5) is 11.4 Å². The number of hydrogen-bond acceptors (Lipinski definition) is 4. The fourth-order valence-electron chi connectivity index (χ4n) is 5.01. The van der Waals surface area contributed by atoms with Crippen LogP contribution in [0.5, 0.6) is 0 Å². The minimum Gasteiger partial charge on any atom is -0.312 e. The van der Waals surface area contributed by atoms with E-state index in [1.165, 1.54) is 11.1 Å². The van der Waals surface area contributed by atoms with Crippen molar-refractivity contribution in [3.8, 4) is 0 Å². The number of hydrogen-bond donors (Lipinski definition) is 0. The van der Waals surface area contributed by atoms with Gasteiger partial charge in [-0.25, -0.2) is 9.97 Å². The molecule has 0 unspecified atom stereocenters. The Morgan fingerprint density at radius 1 is 1.09 bits per heavy atom. The van der Waals surface area contributed by atoms with Crippen molar-refractivity contribution in [2.24, 2.45) is 5.92 Å². The summed E-state index contributed by atoms with van der Waals surface area (Å²) in [4.78, 5) is 38.0. The summed E-state index contributed by atoms with van der Waals surface area (Å²) in [6.45, 7) is 5.33. The van der Waals surface area contributed by atoms with E-state index in [2.05, 4.69) is 42.0 Å². The van der Waals surface area contributed by atoms with Gasteiger partial charge in [-0.1, -0.05) is 43.6 Å². The third kappa shape index (κ3) is 4.30. The van der Waals surface area contributed by atoms with E-state index in [1.54, 1.807) is 23.4 Å². The Labute approximate surface area is 204 Å². The highest BCUT2D eigenvalue weighted by Gasteiger charge is 2.43. The average Bonchev–Trinajstić information content (AvgIpc) is 3.35. The van der Waals surface area contributed by atoms with Gasteiger partial charge in [0.1, 0.15) is 6.33 Å². The first-order chi connectivity index (χ1) is 16.3. The van der Waals surface area contributed by atoms with Crippen LogP contribution < -0.4 is 9.80 Å². The van der Waals surface area contributed by atoms with E-state index < -0.39 is 0 Å². The van der Waals surface area contributed by atoms with Crippen LogP contribution in [-0.4, -0.2) is 34.9 Å². The third-order valence-electron chi connectivity index (χ3n) is 6.81. The van der Waals surface area contributed by atoms with Gasteiger partial charge in [0, 0.05) is 53.7 Å². The average molecular weight is 475 g/mol. The Morgan fingerprint density at radius 3 is 2.62 bits per heavy atom. The molecule has 2 aliphatic rings. The monoisotopic (exact) mass is 474 g/mol. The number of benzene rings is 2. The molecule has 0 N–H and O–H groups in total. The summed E-state index contributed by atoms with van der Waals surface area (Å²) < 4.78 is 0. The molecule has 0 spiro atoms. The van der Waals surface area contributed by atoms with Gasteiger partial charge in [0.25, 0.3) is 0 Å². The number of aryl methyl sites for hydroxylation is 2. The van der Waals surface area contributed by atoms with Crippen LogP contribution in [0.3, 0.4) is 0 Å². The van der Waals surface area contributed by atoms with E-state index in [0.717, 1.165) is 29.8 Å². The van der Waals surface area contributed by atoms with Crippen molar-refractivity contribution in [1.82, 2.24) is 9.97 Å². The standard InChI is InChI=1S/C27H27ClN4O2/c1-27(2)16-32(24-9-8-18(10-23(24)27)6-7-19-13-29-17-30-14-19)26(34)20-11-25(33)31(15-20)22-5-3-4-21(28)12-22/h3-5,8-10,12-14,17,20H,6-7,11,15-16H2,1-2H3/t20-/m0/s1. The molecule has 0 radical (unpaired) electrons. The molecule has 2 amide bonds. The van der Waals surface area contributed by atoms with Crippen molar-refractivity contribution in [2.45, 2.75) is 38.5 Å². The number of anilines is 2. The van der Waals surface area contributed by atoms with Crippen molar-refractivity contribution < 1.29 is 9.59 Å². The van der Waals surface area contributed by atoms with E-state index in [9.17, 15) is 9.59 Å². The molecule has 34 heavy (non-hydrogen) atoms. The summed E-state index contributed by atoms with van der Waals surface area (Å²) in [6, 6.07) is 13.6. The number of halogens is 1. The van der Waals surface area contributed by atoms with Crippen LogP contribution in [0.25, 0.3) is 0 Å². The Hall–Kier alpha value is -3.25. The first kappa shape index (κ1) is 22.5.